The van der Waals surface area contributed by atoms with E-state index < -0.39 is 0 Å². The molecule has 1 N–H and O–H groups in total. The molecule has 7 heteroatoms. The van der Waals surface area contributed by atoms with Crippen LogP contribution in [-0.4, -0.2) is 57.1 Å². The van der Waals surface area contributed by atoms with Crippen LogP contribution in [0.2, 0.25) is 0 Å². The van der Waals surface area contributed by atoms with E-state index in [1.165, 1.54) is 11.8 Å². The molecule has 2 aromatic rings. The Morgan fingerprint density at radius 1 is 1.09 bits per heavy atom. The number of hydrogen-bond acceptors (Lipinski definition) is 5. The number of nitrogens with one attached hydrogen (secondary N) is 1. The van der Waals surface area contributed by atoms with Crippen molar-refractivity contribution in [2.24, 2.45) is 11.8 Å². The number of amides is 2. The Kier molecular flexibility index (Phi) is 9.40. The predicted octanol–water partition coefficient (Wildman–Crippen LogP) is 5.15. The van der Waals surface area contributed by atoms with E-state index in [-0.39, 0.29) is 11.8 Å². The zero-order valence-electron chi connectivity index (χ0n) is 21.6. The van der Waals surface area contributed by atoms with Crippen LogP contribution in [0.25, 0.3) is 6.08 Å². The third kappa shape index (κ3) is 7.36. The summed E-state index contributed by atoms with van der Waals surface area (Å²) in [6, 6.07) is 13.1. The summed E-state index contributed by atoms with van der Waals surface area (Å²) >= 11 is 1.43. The van der Waals surface area contributed by atoms with Gasteiger partial charge in [0.1, 0.15) is 5.75 Å². The Balaban J connectivity index is 1.67. The molecule has 0 fully saturated rings. The molecule has 3 rings (SSSR count). The Hall–Kier alpha value is -2.77. The number of carbonyl (C=O) groups excluding carboxylic acids is 2. The van der Waals surface area contributed by atoms with Gasteiger partial charge in [0.2, 0.25) is 0 Å². The van der Waals surface area contributed by atoms with E-state index in [2.05, 4.69) is 37.9 Å². The lowest BCUT2D eigenvalue weighted by atomic mass is 10.1. The summed E-state index contributed by atoms with van der Waals surface area (Å²) < 4.78 is 5.20. The molecule has 0 atom stereocenters. The minimum atomic E-state index is -0.118. The number of benzene rings is 2. The van der Waals surface area contributed by atoms with Gasteiger partial charge >= 0.3 is 0 Å². The number of methoxy groups -OCH3 is 1. The van der Waals surface area contributed by atoms with Crippen molar-refractivity contribution in [3.8, 4) is 5.75 Å². The van der Waals surface area contributed by atoms with Crippen LogP contribution in [0.15, 0.2) is 52.3 Å². The summed E-state index contributed by atoms with van der Waals surface area (Å²) in [5, 5.41) is 3.05. The summed E-state index contributed by atoms with van der Waals surface area (Å²) in [5.74, 6) is 1.73. The van der Waals surface area contributed by atoms with E-state index in [0.717, 1.165) is 41.5 Å². The van der Waals surface area contributed by atoms with Crippen LogP contribution >= 0.6 is 11.8 Å². The number of fused-ring (bicyclic) bond motifs is 1. The molecule has 6 nitrogen and oxygen atoms in total. The first-order chi connectivity index (χ1) is 16.7. The summed E-state index contributed by atoms with van der Waals surface area (Å²) in [5.41, 5.74) is 2.24. The Bertz CT molecular complexity index is 1050. The van der Waals surface area contributed by atoms with Crippen LogP contribution in [0, 0.1) is 11.8 Å². The molecule has 0 bridgehead atoms. The molecule has 0 saturated heterocycles. The zero-order chi connectivity index (χ0) is 25.5. The number of thioether (sulfide) groups is 1. The number of nitrogens with zero attached hydrogens (tertiary/aromatic N) is 2. The van der Waals surface area contributed by atoms with Gasteiger partial charge in [0.25, 0.3) is 11.8 Å². The summed E-state index contributed by atoms with van der Waals surface area (Å²) in [4.78, 5) is 31.5. The molecule has 2 aromatic carbocycles. The third-order valence-corrected chi connectivity index (χ3v) is 6.77. The van der Waals surface area contributed by atoms with Gasteiger partial charge in [-0.05, 0) is 53.8 Å². The Labute approximate surface area is 213 Å². The highest BCUT2D eigenvalue weighted by Crippen LogP contribution is 2.42. The molecule has 0 aliphatic carbocycles. The van der Waals surface area contributed by atoms with Crippen LogP contribution < -0.4 is 15.0 Å². The largest absolute Gasteiger partial charge is 0.497 e. The summed E-state index contributed by atoms with van der Waals surface area (Å²) in [6.45, 7) is 12.3. The Morgan fingerprint density at radius 2 is 1.74 bits per heavy atom. The molecule has 1 aliphatic heterocycles. The van der Waals surface area contributed by atoms with Crippen LogP contribution in [0.1, 0.15) is 43.6 Å². The number of carbonyl (C=O) groups is 2. The van der Waals surface area contributed by atoms with E-state index in [0.29, 0.717) is 28.8 Å². The van der Waals surface area contributed by atoms with Gasteiger partial charge in [-0.3, -0.25) is 9.59 Å². The maximum absolute atomic E-state index is 13.0. The fraction of sp³-hybridized carbons (Fsp3) is 0.429. The zero-order valence-corrected chi connectivity index (χ0v) is 22.4. The molecule has 1 heterocycles. The number of hydrogen-bond donors (Lipinski definition) is 1. The van der Waals surface area contributed by atoms with Crippen molar-refractivity contribution in [3.05, 3.63) is 58.5 Å². The first kappa shape index (κ1) is 26.8. The predicted molar refractivity (Wildman–Crippen MR) is 145 cm³/mol. The van der Waals surface area contributed by atoms with Gasteiger partial charge in [0.05, 0.1) is 17.7 Å². The van der Waals surface area contributed by atoms with Gasteiger partial charge in [-0.1, -0.05) is 51.6 Å². The fourth-order valence-electron chi connectivity index (χ4n) is 4.11. The average Bonchev–Trinajstić information content (AvgIpc) is 2.81. The van der Waals surface area contributed by atoms with Crippen molar-refractivity contribution >= 4 is 35.3 Å². The highest BCUT2D eigenvalue weighted by molar-refractivity contribution is 8.04. The molecule has 0 saturated carbocycles. The van der Waals surface area contributed by atoms with Gasteiger partial charge in [-0.15, -0.1) is 0 Å². The van der Waals surface area contributed by atoms with Crippen LogP contribution in [0.4, 0.5) is 5.69 Å². The minimum absolute atomic E-state index is 0.0890. The lowest BCUT2D eigenvalue weighted by Gasteiger charge is -2.27. The molecule has 2 amide bonds. The fourth-order valence-corrected chi connectivity index (χ4v) is 5.20. The van der Waals surface area contributed by atoms with Gasteiger partial charge in [-0.25, -0.2) is 0 Å². The van der Waals surface area contributed by atoms with Crippen molar-refractivity contribution in [2.75, 3.05) is 45.2 Å². The number of ether oxygens (including phenoxy) is 1. The second kappa shape index (κ2) is 12.3. The molecule has 188 valence electrons. The van der Waals surface area contributed by atoms with E-state index in [1.807, 2.05) is 42.5 Å². The van der Waals surface area contributed by atoms with Crippen LogP contribution in [0.5, 0.6) is 5.75 Å². The lowest BCUT2D eigenvalue weighted by molar-refractivity contribution is -0.114. The topological polar surface area (TPSA) is 61.9 Å². The monoisotopic (exact) mass is 495 g/mol. The minimum Gasteiger partial charge on any atom is -0.497 e. The summed E-state index contributed by atoms with van der Waals surface area (Å²) in [7, 11) is 3.38. The van der Waals surface area contributed by atoms with E-state index in [1.54, 1.807) is 25.1 Å². The summed E-state index contributed by atoms with van der Waals surface area (Å²) in [6.07, 6.45) is 1.88. The van der Waals surface area contributed by atoms with Crippen molar-refractivity contribution < 1.29 is 14.3 Å². The van der Waals surface area contributed by atoms with Gasteiger partial charge in [-0.2, -0.15) is 0 Å². The molecule has 1 aliphatic rings. The van der Waals surface area contributed by atoms with Gasteiger partial charge in [0, 0.05) is 43.7 Å². The molecule has 0 spiro atoms. The normalized spacial score (nSPS) is 14.7. The maximum atomic E-state index is 13.0. The Morgan fingerprint density at radius 3 is 2.34 bits per heavy atom. The van der Waals surface area contributed by atoms with Gasteiger partial charge < -0.3 is 19.9 Å². The average molecular weight is 496 g/mol. The smallest absolute Gasteiger partial charge is 0.264 e. The van der Waals surface area contributed by atoms with E-state index in [9.17, 15) is 9.59 Å². The molecular weight excluding hydrogens is 458 g/mol. The maximum Gasteiger partial charge on any atom is 0.264 e. The number of likely N-dealkylation sites (N-methyl/N-ethyl adjacent to an activating group) is 1. The number of rotatable bonds is 10. The highest BCUT2D eigenvalue weighted by Gasteiger charge is 2.27. The van der Waals surface area contributed by atoms with E-state index >= 15 is 0 Å². The number of anilines is 1. The highest BCUT2D eigenvalue weighted by atomic mass is 32.2. The van der Waals surface area contributed by atoms with E-state index in [4.69, 9.17) is 4.74 Å². The lowest BCUT2D eigenvalue weighted by Crippen LogP contribution is -2.38. The van der Waals surface area contributed by atoms with Crippen LogP contribution in [-0.2, 0) is 4.79 Å². The van der Waals surface area contributed by atoms with Crippen LogP contribution in [0.3, 0.4) is 0 Å². The van der Waals surface area contributed by atoms with Crippen molar-refractivity contribution in [2.45, 2.75) is 32.6 Å². The molecule has 0 radical (unpaired) electrons. The van der Waals surface area contributed by atoms with Gasteiger partial charge in [0.15, 0.2) is 0 Å². The molecule has 35 heavy (non-hydrogen) atoms. The quantitative estimate of drug-likeness (QED) is 0.462. The SMILES string of the molecule is COc1ccc(C=C2Sc3ccc(C(=O)NCCN(CC(C)C)CC(C)C)cc3N(C)C2=O)cc1. The first-order valence-electron chi connectivity index (χ1n) is 12.1. The molecule has 0 unspecified atom stereocenters. The standard InChI is InChI=1S/C28H37N3O3S/c1-19(2)17-31(18-20(3)4)14-13-29-27(32)22-9-12-25-24(16-22)30(5)28(33)26(35-25)15-21-7-10-23(34-6)11-8-21/h7-12,15-16,19-20H,13-14,17-18H2,1-6H3,(H,29,32). The van der Waals surface area contributed by atoms with Crippen molar-refractivity contribution in [1.82, 2.24) is 10.2 Å². The molecular formula is C28H37N3O3S. The van der Waals surface area contributed by atoms with Crippen molar-refractivity contribution in [1.29, 1.82) is 0 Å². The second-order valence-electron chi connectivity index (χ2n) is 9.73. The third-order valence-electron chi connectivity index (χ3n) is 5.69. The first-order valence-corrected chi connectivity index (χ1v) is 13.0. The molecule has 0 aromatic heterocycles. The second-order valence-corrected chi connectivity index (χ2v) is 10.8. The van der Waals surface area contributed by atoms with Crippen molar-refractivity contribution in [3.63, 3.8) is 0 Å².